The van der Waals surface area contributed by atoms with E-state index in [-0.39, 0.29) is 12.4 Å². The largest absolute Gasteiger partial charge is 0.379 e. The normalized spacial score (nSPS) is 13.5. The van der Waals surface area contributed by atoms with Gasteiger partial charge in [-0.25, -0.2) is 0 Å². The van der Waals surface area contributed by atoms with Gasteiger partial charge in [0.2, 0.25) is 0 Å². The zero-order valence-electron chi connectivity index (χ0n) is 4.54. The molecule has 1 aliphatic rings. The van der Waals surface area contributed by atoms with Crippen molar-refractivity contribution in [3.8, 4) is 0 Å². The van der Waals surface area contributed by atoms with Crippen LogP contribution in [-0.2, 0) is 0 Å². The molecule has 1 fully saturated rings. The molecule has 3 nitrogen and oxygen atoms in total. The first-order valence-corrected chi connectivity index (χ1v) is 2.38. The molecule has 0 aromatic heterocycles. The average Bonchev–Trinajstić information content (AvgIpc) is 1.27. The highest BCUT2D eigenvalue weighted by atomic mass is 35.5. The SMILES string of the molecule is C1CCC1.Cl.O=NO. The van der Waals surface area contributed by atoms with Crippen LogP contribution in [0.25, 0.3) is 0 Å². The molecule has 0 saturated heterocycles. The predicted octanol–water partition coefficient (Wildman–Crippen LogP) is 2.12. The van der Waals surface area contributed by atoms with Gasteiger partial charge in [-0.3, -0.25) is 0 Å². The molecule has 1 saturated carbocycles. The minimum absolute atomic E-state index is 0. The summed E-state index contributed by atoms with van der Waals surface area (Å²) < 4.78 is 0. The minimum Gasteiger partial charge on any atom is -0.379 e. The van der Waals surface area contributed by atoms with E-state index in [1.54, 1.807) is 0 Å². The lowest BCUT2D eigenvalue weighted by Crippen LogP contribution is -1.85. The highest BCUT2D eigenvalue weighted by Gasteiger charge is 1.95. The Morgan fingerprint density at radius 3 is 1.25 bits per heavy atom. The highest BCUT2D eigenvalue weighted by Crippen LogP contribution is 2.15. The van der Waals surface area contributed by atoms with Gasteiger partial charge in [-0.2, -0.15) is 0 Å². The number of hydrogen-bond donors (Lipinski definition) is 1. The topological polar surface area (TPSA) is 49.7 Å². The van der Waals surface area contributed by atoms with E-state index in [4.69, 9.17) is 10.1 Å². The van der Waals surface area contributed by atoms with Crippen molar-refractivity contribution in [2.24, 2.45) is 5.34 Å². The van der Waals surface area contributed by atoms with Gasteiger partial charge >= 0.3 is 0 Å². The van der Waals surface area contributed by atoms with E-state index in [9.17, 15) is 0 Å². The van der Waals surface area contributed by atoms with Crippen molar-refractivity contribution in [3.05, 3.63) is 4.91 Å². The van der Waals surface area contributed by atoms with Crippen molar-refractivity contribution in [3.63, 3.8) is 0 Å². The van der Waals surface area contributed by atoms with E-state index < -0.39 is 0 Å². The fraction of sp³-hybridized carbons (Fsp3) is 1.00. The molecule has 0 spiro atoms. The summed E-state index contributed by atoms with van der Waals surface area (Å²) in [5.41, 5.74) is 0. The fourth-order valence-corrected chi connectivity index (χ4v) is 0.250. The Kier molecular flexibility index (Phi) is 13.1. The van der Waals surface area contributed by atoms with Crippen molar-refractivity contribution >= 4 is 12.4 Å². The quantitative estimate of drug-likeness (QED) is 0.413. The molecule has 0 unspecified atom stereocenters. The van der Waals surface area contributed by atoms with Crippen LogP contribution in [-0.4, -0.2) is 5.21 Å². The van der Waals surface area contributed by atoms with Crippen LogP contribution in [0.3, 0.4) is 0 Å². The van der Waals surface area contributed by atoms with Crippen molar-refractivity contribution < 1.29 is 5.21 Å². The molecule has 0 atom stereocenters. The Morgan fingerprint density at radius 1 is 1.12 bits per heavy atom. The van der Waals surface area contributed by atoms with Gasteiger partial charge < -0.3 is 5.21 Å². The molecule has 1 aliphatic carbocycles. The van der Waals surface area contributed by atoms with Gasteiger partial charge in [0.1, 0.15) is 0 Å². The molecule has 0 radical (unpaired) electrons. The van der Waals surface area contributed by atoms with Gasteiger partial charge in [0.05, 0.1) is 0 Å². The van der Waals surface area contributed by atoms with E-state index in [2.05, 4.69) is 0 Å². The van der Waals surface area contributed by atoms with Crippen LogP contribution in [0.15, 0.2) is 5.34 Å². The molecular formula is C4H10ClNO2. The Labute approximate surface area is 54.4 Å². The zero-order valence-corrected chi connectivity index (χ0v) is 5.36. The number of halogens is 1. The molecule has 0 aromatic rings. The van der Waals surface area contributed by atoms with Crippen LogP contribution in [0.5, 0.6) is 0 Å². The van der Waals surface area contributed by atoms with E-state index in [1.807, 2.05) is 0 Å². The second-order valence-electron chi connectivity index (χ2n) is 1.50. The molecule has 8 heavy (non-hydrogen) atoms. The summed E-state index contributed by atoms with van der Waals surface area (Å²) in [7, 11) is 0. The van der Waals surface area contributed by atoms with Gasteiger partial charge in [0.25, 0.3) is 0 Å². The maximum Gasteiger partial charge on any atom is 0.152 e. The number of nitrogens with zero attached hydrogens (tertiary/aromatic N) is 1. The van der Waals surface area contributed by atoms with Gasteiger partial charge in [-0.05, 0) is 0 Å². The van der Waals surface area contributed by atoms with E-state index in [0.29, 0.717) is 0 Å². The Morgan fingerprint density at radius 2 is 1.25 bits per heavy atom. The second-order valence-corrected chi connectivity index (χ2v) is 1.50. The van der Waals surface area contributed by atoms with Crippen LogP contribution in [0.4, 0.5) is 0 Å². The fourth-order valence-electron chi connectivity index (χ4n) is 0.250. The Hall–Kier alpha value is -0.310. The minimum atomic E-state index is 0. The lowest BCUT2D eigenvalue weighted by atomic mass is 10.0. The third-order valence-electron chi connectivity index (χ3n) is 1.000. The summed E-state index contributed by atoms with van der Waals surface area (Å²) in [6.07, 6.45) is 6.00. The van der Waals surface area contributed by atoms with E-state index >= 15 is 0 Å². The molecule has 0 amide bonds. The molecule has 0 aromatic carbocycles. The Bertz CT molecular complexity index is 43.3. The number of hydrogen-bond acceptors (Lipinski definition) is 2. The van der Waals surface area contributed by atoms with Crippen LogP contribution in [0, 0.1) is 4.91 Å². The average molecular weight is 140 g/mol. The predicted molar refractivity (Wildman–Crippen MR) is 33.3 cm³/mol. The molecule has 1 N–H and O–H groups in total. The summed E-state index contributed by atoms with van der Waals surface area (Å²) >= 11 is 0. The maximum absolute atomic E-state index is 8.11. The standard InChI is InChI=1S/C4H8.ClH.HNO2/c1-2-4-3-1;;2-1-3/h1-4H2;1H;(H,2,3). The van der Waals surface area contributed by atoms with Gasteiger partial charge in [0, 0.05) is 0 Å². The van der Waals surface area contributed by atoms with E-state index in [0.717, 1.165) is 0 Å². The van der Waals surface area contributed by atoms with E-state index in [1.165, 1.54) is 31.0 Å². The molecule has 0 bridgehead atoms. The first-order valence-electron chi connectivity index (χ1n) is 2.38. The van der Waals surface area contributed by atoms with Crippen molar-refractivity contribution in [1.82, 2.24) is 0 Å². The maximum atomic E-state index is 8.11. The van der Waals surface area contributed by atoms with Gasteiger partial charge in [-0.1, -0.05) is 25.7 Å². The van der Waals surface area contributed by atoms with Crippen LogP contribution < -0.4 is 0 Å². The lowest BCUT2D eigenvalue weighted by molar-refractivity contribution is 0.312. The third kappa shape index (κ3) is 9.19. The van der Waals surface area contributed by atoms with Crippen molar-refractivity contribution in [1.29, 1.82) is 0 Å². The Balaban J connectivity index is 0. The van der Waals surface area contributed by atoms with Gasteiger partial charge in [0.15, 0.2) is 5.34 Å². The first kappa shape index (κ1) is 10.6. The lowest BCUT2D eigenvalue weighted by Gasteiger charge is -2.05. The van der Waals surface area contributed by atoms with Crippen molar-refractivity contribution in [2.75, 3.05) is 0 Å². The summed E-state index contributed by atoms with van der Waals surface area (Å²) in [5, 5.41) is 7.89. The molecule has 0 aliphatic heterocycles. The highest BCUT2D eigenvalue weighted by molar-refractivity contribution is 5.85. The summed E-state index contributed by atoms with van der Waals surface area (Å²) in [6, 6.07) is 0. The molecular weight excluding hydrogens is 130 g/mol. The molecule has 50 valence electrons. The van der Waals surface area contributed by atoms with Crippen molar-refractivity contribution in [2.45, 2.75) is 25.7 Å². The third-order valence-corrected chi connectivity index (χ3v) is 1.000. The molecule has 0 heterocycles. The zero-order chi connectivity index (χ0) is 5.54. The van der Waals surface area contributed by atoms with Gasteiger partial charge in [-0.15, -0.1) is 17.3 Å². The molecule has 4 heteroatoms. The van der Waals surface area contributed by atoms with Crippen LogP contribution in [0.1, 0.15) is 25.7 Å². The monoisotopic (exact) mass is 139 g/mol. The number of rotatable bonds is 0. The second kappa shape index (κ2) is 9.85. The smallest absolute Gasteiger partial charge is 0.152 e. The van der Waals surface area contributed by atoms with Crippen LogP contribution >= 0.6 is 12.4 Å². The molecule has 1 rings (SSSR count). The summed E-state index contributed by atoms with van der Waals surface area (Å²) in [6.45, 7) is 0. The first-order chi connectivity index (χ1) is 3.41. The summed E-state index contributed by atoms with van der Waals surface area (Å²) in [4.78, 5) is 8.11. The van der Waals surface area contributed by atoms with Crippen LogP contribution in [0.2, 0.25) is 0 Å². The summed E-state index contributed by atoms with van der Waals surface area (Å²) in [5.74, 6) is 0.